The van der Waals surface area contributed by atoms with Crippen LogP contribution in [0.3, 0.4) is 0 Å². The fourth-order valence-electron chi connectivity index (χ4n) is 2.11. The Morgan fingerprint density at radius 2 is 2.10 bits per heavy atom. The standard InChI is InChI=1S/C16H12N2O2S/c1-9-10(2)21-16(12(9)8-17)18-15(19)14-7-11-5-3-4-6-13(11)20-14/h3-7H,1-2H3,(H,18,19). The summed E-state index contributed by atoms with van der Waals surface area (Å²) in [6.07, 6.45) is 0. The van der Waals surface area contributed by atoms with Crippen LogP contribution < -0.4 is 5.32 Å². The summed E-state index contributed by atoms with van der Waals surface area (Å²) < 4.78 is 5.52. The summed E-state index contributed by atoms with van der Waals surface area (Å²) >= 11 is 1.40. The zero-order valence-corrected chi connectivity index (χ0v) is 12.4. The van der Waals surface area contributed by atoms with Gasteiger partial charge in [-0.2, -0.15) is 5.26 Å². The highest BCUT2D eigenvalue weighted by Gasteiger charge is 2.17. The number of thiophene rings is 1. The number of anilines is 1. The van der Waals surface area contributed by atoms with Crippen LogP contribution >= 0.6 is 11.3 Å². The van der Waals surface area contributed by atoms with E-state index >= 15 is 0 Å². The minimum atomic E-state index is -0.344. The number of carbonyl (C=O) groups excluding carboxylic acids is 1. The molecule has 0 unspecified atom stereocenters. The highest BCUT2D eigenvalue weighted by atomic mass is 32.1. The molecule has 0 spiro atoms. The van der Waals surface area contributed by atoms with E-state index in [1.54, 1.807) is 6.07 Å². The number of nitriles is 1. The van der Waals surface area contributed by atoms with Crippen LogP contribution in [0.25, 0.3) is 11.0 Å². The Bertz CT molecular complexity index is 850. The molecule has 5 heteroatoms. The summed E-state index contributed by atoms with van der Waals surface area (Å²) in [5.74, 6) is -0.104. The highest BCUT2D eigenvalue weighted by Crippen LogP contribution is 2.32. The second kappa shape index (κ2) is 5.08. The molecule has 4 nitrogen and oxygen atoms in total. The maximum absolute atomic E-state index is 12.3. The molecule has 104 valence electrons. The molecule has 0 bridgehead atoms. The normalized spacial score (nSPS) is 10.5. The summed E-state index contributed by atoms with van der Waals surface area (Å²) in [6.45, 7) is 3.80. The lowest BCUT2D eigenvalue weighted by atomic mass is 10.2. The monoisotopic (exact) mass is 296 g/mol. The fourth-order valence-corrected chi connectivity index (χ4v) is 3.11. The van der Waals surface area contributed by atoms with E-state index in [-0.39, 0.29) is 11.7 Å². The first-order valence-corrected chi connectivity index (χ1v) is 7.22. The largest absolute Gasteiger partial charge is 0.451 e. The molecule has 0 fully saturated rings. The van der Waals surface area contributed by atoms with Crippen molar-refractivity contribution in [1.82, 2.24) is 0 Å². The van der Waals surface area contributed by atoms with Crippen molar-refractivity contribution < 1.29 is 9.21 Å². The maximum atomic E-state index is 12.3. The van der Waals surface area contributed by atoms with Gasteiger partial charge in [0, 0.05) is 10.3 Å². The van der Waals surface area contributed by atoms with Crippen molar-refractivity contribution in [2.75, 3.05) is 5.32 Å². The van der Waals surface area contributed by atoms with Crippen molar-refractivity contribution in [2.45, 2.75) is 13.8 Å². The lowest BCUT2D eigenvalue weighted by Gasteiger charge is -2.00. The third-order valence-electron chi connectivity index (χ3n) is 3.37. The van der Waals surface area contributed by atoms with E-state index in [2.05, 4.69) is 11.4 Å². The third-order valence-corrected chi connectivity index (χ3v) is 4.50. The fraction of sp³-hybridized carbons (Fsp3) is 0.125. The van der Waals surface area contributed by atoms with Gasteiger partial charge in [-0.15, -0.1) is 11.3 Å². The van der Waals surface area contributed by atoms with Crippen LogP contribution in [0.1, 0.15) is 26.6 Å². The minimum absolute atomic E-state index is 0.240. The summed E-state index contributed by atoms with van der Waals surface area (Å²) in [6, 6.07) is 11.3. The van der Waals surface area contributed by atoms with E-state index in [1.807, 2.05) is 38.1 Å². The Labute approximate surface area is 125 Å². The number of carbonyl (C=O) groups is 1. The van der Waals surface area contributed by atoms with E-state index in [9.17, 15) is 10.1 Å². The zero-order valence-electron chi connectivity index (χ0n) is 11.6. The van der Waals surface area contributed by atoms with Crippen LogP contribution in [-0.4, -0.2) is 5.91 Å². The molecule has 0 atom stereocenters. The molecule has 2 aromatic heterocycles. The molecule has 2 heterocycles. The first kappa shape index (κ1) is 13.4. The second-order valence-electron chi connectivity index (χ2n) is 4.70. The highest BCUT2D eigenvalue weighted by molar-refractivity contribution is 7.16. The number of hydrogen-bond donors (Lipinski definition) is 1. The van der Waals surface area contributed by atoms with Crippen molar-refractivity contribution in [3.8, 4) is 6.07 Å². The molecule has 0 saturated heterocycles. The van der Waals surface area contributed by atoms with Gasteiger partial charge in [-0.25, -0.2) is 0 Å². The van der Waals surface area contributed by atoms with Crippen molar-refractivity contribution in [2.24, 2.45) is 0 Å². The number of rotatable bonds is 2. The predicted octanol–water partition coefficient (Wildman–Crippen LogP) is 4.24. The lowest BCUT2D eigenvalue weighted by molar-refractivity contribution is 0.0999. The quantitative estimate of drug-likeness (QED) is 0.769. The average molecular weight is 296 g/mol. The number of nitrogens with zero attached hydrogens (tertiary/aromatic N) is 1. The predicted molar refractivity (Wildman–Crippen MR) is 82.7 cm³/mol. The van der Waals surface area contributed by atoms with Crippen LogP contribution in [0.2, 0.25) is 0 Å². The maximum Gasteiger partial charge on any atom is 0.292 e. The SMILES string of the molecule is Cc1sc(NC(=O)c2cc3ccccc3o2)c(C#N)c1C. The molecule has 0 saturated carbocycles. The molecule has 1 N–H and O–H groups in total. The van der Waals surface area contributed by atoms with Gasteiger partial charge in [0.25, 0.3) is 5.91 Å². The molecule has 3 aromatic rings. The summed E-state index contributed by atoms with van der Waals surface area (Å²) in [7, 11) is 0. The van der Waals surface area contributed by atoms with Crippen molar-refractivity contribution in [1.29, 1.82) is 5.26 Å². The van der Waals surface area contributed by atoms with Gasteiger partial charge in [-0.3, -0.25) is 4.79 Å². The number of benzene rings is 1. The Morgan fingerprint density at radius 3 is 2.81 bits per heavy atom. The first-order valence-electron chi connectivity index (χ1n) is 6.40. The van der Waals surface area contributed by atoms with E-state index in [1.165, 1.54) is 11.3 Å². The Morgan fingerprint density at radius 1 is 1.33 bits per heavy atom. The number of furan rings is 1. The van der Waals surface area contributed by atoms with E-state index in [0.29, 0.717) is 16.1 Å². The zero-order chi connectivity index (χ0) is 15.0. The minimum Gasteiger partial charge on any atom is -0.451 e. The molecule has 0 aliphatic rings. The van der Waals surface area contributed by atoms with Crippen LogP contribution in [0.5, 0.6) is 0 Å². The van der Waals surface area contributed by atoms with Crippen LogP contribution in [0, 0.1) is 25.2 Å². The van der Waals surface area contributed by atoms with Gasteiger partial charge in [0.2, 0.25) is 0 Å². The van der Waals surface area contributed by atoms with E-state index in [0.717, 1.165) is 15.8 Å². The Kier molecular flexibility index (Phi) is 3.24. The molecule has 0 aliphatic carbocycles. The number of nitrogens with one attached hydrogen (secondary N) is 1. The van der Waals surface area contributed by atoms with Gasteiger partial charge in [-0.05, 0) is 31.5 Å². The van der Waals surface area contributed by atoms with Gasteiger partial charge in [0.15, 0.2) is 5.76 Å². The Balaban J connectivity index is 1.93. The van der Waals surface area contributed by atoms with Crippen LogP contribution in [0.4, 0.5) is 5.00 Å². The van der Waals surface area contributed by atoms with Crippen molar-refractivity contribution in [3.63, 3.8) is 0 Å². The topological polar surface area (TPSA) is 66.0 Å². The van der Waals surface area contributed by atoms with Gasteiger partial charge in [0.1, 0.15) is 16.7 Å². The summed E-state index contributed by atoms with van der Waals surface area (Å²) in [4.78, 5) is 13.3. The molecule has 1 amide bonds. The number of hydrogen-bond acceptors (Lipinski definition) is 4. The van der Waals surface area contributed by atoms with Gasteiger partial charge in [0.05, 0.1) is 5.56 Å². The number of para-hydroxylation sites is 1. The average Bonchev–Trinajstić information content (AvgIpc) is 3.01. The second-order valence-corrected chi connectivity index (χ2v) is 5.93. The van der Waals surface area contributed by atoms with Crippen LogP contribution in [0.15, 0.2) is 34.7 Å². The Hall–Kier alpha value is -2.58. The summed E-state index contributed by atoms with van der Waals surface area (Å²) in [5, 5.41) is 13.4. The van der Waals surface area contributed by atoms with Gasteiger partial charge in [-0.1, -0.05) is 18.2 Å². The molecule has 21 heavy (non-hydrogen) atoms. The number of aryl methyl sites for hydroxylation is 1. The molecule has 0 radical (unpaired) electrons. The van der Waals surface area contributed by atoms with Gasteiger partial charge >= 0.3 is 0 Å². The smallest absolute Gasteiger partial charge is 0.292 e. The molecular weight excluding hydrogens is 284 g/mol. The molecular formula is C16H12N2O2S. The lowest BCUT2D eigenvalue weighted by Crippen LogP contribution is -2.10. The van der Waals surface area contributed by atoms with Gasteiger partial charge < -0.3 is 9.73 Å². The van der Waals surface area contributed by atoms with Crippen LogP contribution in [-0.2, 0) is 0 Å². The third kappa shape index (κ3) is 2.30. The van der Waals surface area contributed by atoms with Crippen molar-refractivity contribution in [3.05, 3.63) is 52.1 Å². The molecule has 0 aliphatic heterocycles. The van der Waals surface area contributed by atoms with E-state index < -0.39 is 0 Å². The number of amides is 1. The summed E-state index contributed by atoms with van der Waals surface area (Å²) in [5.41, 5.74) is 2.09. The molecule has 3 rings (SSSR count). The first-order chi connectivity index (χ1) is 10.1. The van der Waals surface area contributed by atoms with Crippen molar-refractivity contribution >= 4 is 33.2 Å². The number of fused-ring (bicyclic) bond motifs is 1. The van der Waals surface area contributed by atoms with E-state index in [4.69, 9.17) is 4.42 Å². The molecule has 1 aromatic carbocycles.